The van der Waals surface area contributed by atoms with Crippen LogP contribution in [0.25, 0.3) is 44.1 Å². The second-order valence-electron chi connectivity index (χ2n) is 26.5. The van der Waals surface area contributed by atoms with E-state index in [1.165, 1.54) is 18.2 Å². The highest BCUT2D eigenvalue weighted by molar-refractivity contribution is 6.00. The second kappa shape index (κ2) is 38.0. The van der Waals surface area contributed by atoms with Crippen LogP contribution in [0.2, 0.25) is 0 Å². The van der Waals surface area contributed by atoms with Gasteiger partial charge in [-0.15, -0.1) is 0 Å². The zero-order valence-electron chi connectivity index (χ0n) is 64.0. The van der Waals surface area contributed by atoms with Crippen LogP contribution in [0.5, 0.6) is 0 Å². The highest BCUT2D eigenvalue weighted by atomic mass is 16.6. The van der Waals surface area contributed by atoms with Crippen molar-refractivity contribution in [2.45, 2.75) is 20.8 Å². The molecule has 34 nitrogen and oxygen atoms in total. The molecule has 34 heteroatoms. The zero-order chi connectivity index (χ0) is 81.0. The smallest absolute Gasteiger partial charge is 0.360 e. The normalized spacial score (nSPS) is 14.0. The summed E-state index contributed by atoms with van der Waals surface area (Å²) >= 11 is 0. The highest BCUT2D eigenvalue weighted by Gasteiger charge is 2.25. The van der Waals surface area contributed by atoms with E-state index in [1.54, 1.807) is 75.4 Å². The van der Waals surface area contributed by atoms with E-state index in [2.05, 4.69) is 80.7 Å². The molecule has 0 saturated carbocycles. The number of nitrogen functional groups attached to an aromatic ring is 3. The second-order valence-corrected chi connectivity index (χ2v) is 26.5. The minimum atomic E-state index is -0.657. The third-order valence-corrected chi connectivity index (χ3v) is 18.6. The van der Waals surface area contributed by atoms with Gasteiger partial charge in [-0.25, -0.2) is 54.3 Å². The van der Waals surface area contributed by atoms with Crippen LogP contribution in [0.1, 0.15) is 62.7 Å². The van der Waals surface area contributed by atoms with Crippen LogP contribution in [0.15, 0.2) is 170 Å². The van der Waals surface area contributed by atoms with Crippen LogP contribution < -0.4 is 63.8 Å². The molecular weight excluding hydrogens is 1490 g/mol. The van der Waals surface area contributed by atoms with Crippen LogP contribution in [-0.2, 0) is 33.2 Å². The maximum absolute atomic E-state index is 12.5. The van der Waals surface area contributed by atoms with Crippen molar-refractivity contribution in [3.63, 3.8) is 0 Å². The number of primary amides is 1. The van der Waals surface area contributed by atoms with Gasteiger partial charge in [0.25, 0.3) is 11.6 Å². The fourth-order valence-electron chi connectivity index (χ4n) is 12.8. The van der Waals surface area contributed by atoms with Gasteiger partial charge in [0.15, 0.2) is 46.0 Å². The largest absolute Gasteiger partial charge is 0.461 e. The number of hydrogen-bond acceptors (Lipinski definition) is 32. The van der Waals surface area contributed by atoms with Crippen molar-refractivity contribution in [2.75, 3.05) is 183 Å². The fraction of sp³-hybridized carbons (Fsp3) is 0.268. The Morgan fingerprint density at radius 1 is 0.353 bits per heavy atom. The average molecular weight is 1570 g/mol. The number of benzene rings is 8. The van der Waals surface area contributed by atoms with Crippen LogP contribution in [-0.4, -0.2) is 194 Å². The number of nitrogens with two attached hydrogens (primary N) is 4. The Balaban J connectivity index is 0.000000135. The van der Waals surface area contributed by atoms with Crippen molar-refractivity contribution >= 4 is 159 Å². The van der Waals surface area contributed by atoms with E-state index < -0.39 is 28.7 Å². The number of rotatable bonds is 20. The first-order valence-corrected chi connectivity index (χ1v) is 37.7. The Morgan fingerprint density at radius 3 is 0.845 bits per heavy atom. The van der Waals surface area contributed by atoms with E-state index in [1.807, 2.05) is 97.1 Å². The summed E-state index contributed by atoms with van der Waals surface area (Å²) < 4.78 is 37.0. The number of nitro benzene ring substituents is 1. The summed E-state index contributed by atoms with van der Waals surface area (Å²) in [6.07, 6.45) is 0. The average Bonchev–Trinajstić information content (AvgIpc) is 0.833. The van der Waals surface area contributed by atoms with Gasteiger partial charge in [0.1, 0.15) is 0 Å². The molecule has 1 amide bonds. The number of nitrogens with one attached hydrogen (secondary N) is 4. The van der Waals surface area contributed by atoms with E-state index in [0.717, 1.165) is 137 Å². The summed E-state index contributed by atoms with van der Waals surface area (Å²) in [5.74, 6) is -1.14. The Hall–Kier alpha value is -14.0. The predicted octanol–water partition coefficient (Wildman–Crippen LogP) is 11.1. The number of ether oxygens (including phenoxy) is 7. The Labute approximate surface area is 665 Å². The molecule has 8 heterocycles. The van der Waals surface area contributed by atoms with Crippen molar-refractivity contribution in [1.82, 2.24) is 39.9 Å². The molecule has 4 saturated heterocycles. The van der Waals surface area contributed by atoms with Gasteiger partial charge in [-0.3, -0.25) is 14.9 Å². The number of anilines is 15. The standard InChI is InChI=1S/C21H21N5O5.2C21H23N5O3.C19H20N6O2/c1-2-31-21(27)19-20(24-17-8-7-16(26(28)29)13-18(17)23-19)22-14-3-5-15(6-4-14)25-9-11-30-12-10-25;2*1-2-29-21(27)19-20(25-17-8-3-14(22)13-18(17)24-19)23-15-4-6-16(7-5-15)26-9-11-28-12-10-26;20-12-1-6-15-16(11-12)23-17(18(21)26)19(24-15)22-13-2-4-14(5-3-13)25-7-9-27-10-8-25/h3-8,13H,2,9-12H2,1H3,(H,22,24);2*3-8,13H,2,9-12,22H2,1H3,(H,23,25);1-6,11H,7-10,20H2,(H2,21,26)(H,22,24). The van der Waals surface area contributed by atoms with Crippen molar-refractivity contribution < 1.29 is 57.3 Å². The molecule has 4 aliphatic heterocycles. The number of non-ortho nitro benzene ring substituents is 1. The third kappa shape index (κ3) is 20.5. The first kappa shape index (κ1) is 80.1. The predicted molar refractivity (Wildman–Crippen MR) is 445 cm³/mol. The van der Waals surface area contributed by atoms with Crippen molar-refractivity contribution in [1.29, 1.82) is 0 Å². The maximum Gasteiger partial charge on any atom is 0.360 e. The number of nitrogens with zero attached hydrogens (tertiary/aromatic N) is 13. The van der Waals surface area contributed by atoms with Gasteiger partial charge in [-0.1, -0.05) is 0 Å². The highest BCUT2D eigenvalue weighted by Crippen LogP contribution is 2.32. The van der Waals surface area contributed by atoms with E-state index >= 15 is 0 Å². The van der Waals surface area contributed by atoms with Gasteiger partial charge in [-0.2, -0.15) is 0 Å². The van der Waals surface area contributed by atoms with Gasteiger partial charge in [0, 0.05) is 127 Å². The molecule has 0 aliphatic carbocycles. The zero-order valence-corrected chi connectivity index (χ0v) is 64.0. The number of morpholine rings is 4. The molecule has 4 fully saturated rings. The minimum Gasteiger partial charge on any atom is -0.461 e. The van der Waals surface area contributed by atoms with E-state index in [0.29, 0.717) is 86.3 Å². The molecule has 598 valence electrons. The van der Waals surface area contributed by atoms with Gasteiger partial charge in [0.2, 0.25) is 0 Å². The number of carbonyl (C=O) groups excluding carboxylic acids is 4. The quantitative estimate of drug-likeness (QED) is 0.0115. The lowest BCUT2D eigenvalue weighted by Gasteiger charge is -2.28. The fourth-order valence-corrected chi connectivity index (χ4v) is 12.8. The molecule has 4 aromatic heterocycles. The van der Waals surface area contributed by atoms with Crippen LogP contribution in [0.3, 0.4) is 0 Å². The number of nitro groups is 1. The number of amides is 1. The lowest BCUT2D eigenvalue weighted by atomic mass is 10.2. The monoisotopic (exact) mass is 1570 g/mol. The van der Waals surface area contributed by atoms with Gasteiger partial charge in [0.05, 0.1) is 122 Å². The van der Waals surface area contributed by atoms with Crippen molar-refractivity contribution in [3.05, 3.63) is 203 Å². The number of esters is 3. The van der Waals surface area contributed by atoms with Crippen LogP contribution in [0, 0.1) is 10.1 Å². The molecule has 8 aromatic carbocycles. The van der Waals surface area contributed by atoms with Gasteiger partial charge < -0.3 is 97.0 Å². The molecule has 116 heavy (non-hydrogen) atoms. The lowest BCUT2D eigenvalue weighted by molar-refractivity contribution is -0.384. The maximum atomic E-state index is 12.5. The molecule has 0 unspecified atom stereocenters. The Bertz CT molecular complexity index is 5310. The summed E-state index contributed by atoms with van der Waals surface area (Å²) in [6, 6.07) is 51.3. The summed E-state index contributed by atoms with van der Waals surface area (Å²) in [4.78, 5) is 104. The summed E-state index contributed by atoms with van der Waals surface area (Å²) in [5.41, 5.74) is 36.5. The molecule has 0 bridgehead atoms. The third-order valence-electron chi connectivity index (χ3n) is 18.6. The summed E-state index contributed by atoms with van der Waals surface area (Å²) in [5, 5.41) is 23.7. The van der Waals surface area contributed by atoms with Gasteiger partial charge in [-0.05, 0) is 178 Å². The number of hydrogen-bond donors (Lipinski definition) is 8. The lowest BCUT2D eigenvalue weighted by Crippen LogP contribution is -2.36. The summed E-state index contributed by atoms with van der Waals surface area (Å²) in [7, 11) is 0. The molecule has 0 spiro atoms. The SMILES string of the molecule is CCOC(=O)c1nc2cc(N)ccc2nc1Nc1ccc(N2CCOCC2)cc1.CCOC(=O)c1nc2cc(N)ccc2nc1Nc1ccc(N2CCOCC2)cc1.CCOC(=O)c1nc2cc([N+](=O)[O-])ccc2nc1Nc1ccc(N2CCOCC2)cc1.NC(=O)c1nc2cc(N)ccc2nc1Nc1ccc(N2CCOCC2)cc1. The minimum absolute atomic E-state index is 0.0351. The van der Waals surface area contributed by atoms with Crippen molar-refractivity contribution in [2.24, 2.45) is 5.73 Å². The molecule has 16 rings (SSSR count). The summed E-state index contributed by atoms with van der Waals surface area (Å²) in [6.45, 7) is 18.6. The molecule has 0 radical (unpaired) electrons. The first-order valence-electron chi connectivity index (χ1n) is 37.7. The van der Waals surface area contributed by atoms with E-state index in [-0.39, 0.29) is 59.6 Å². The van der Waals surface area contributed by atoms with E-state index in [9.17, 15) is 29.3 Å². The van der Waals surface area contributed by atoms with Crippen molar-refractivity contribution in [3.8, 4) is 0 Å². The molecule has 4 aliphatic rings. The molecule has 0 atom stereocenters. The molecular formula is C82H87N21O13. The first-order chi connectivity index (χ1) is 56.4. The van der Waals surface area contributed by atoms with E-state index in [4.69, 9.17) is 56.1 Å². The molecule has 12 aromatic rings. The Morgan fingerprint density at radius 2 is 0.595 bits per heavy atom. The topological polar surface area (TPSA) is 444 Å². The van der Waals surface area contributed by atoms with Crippen LogP contribution >= 0.6 is 0 Å². The number of aromatic nitrogens is 8. The number of carbonyl (C=O) groups is 4. The molecule has 12 N–H and O–H groups in total. The van der Waals surface area contributed by atoms with Crippen LogP contribution in [0.4, 0.5) is 91.5 Å². The van der Waals surface area contributed by atoms with Gasteiger partial charge >= 0.3 is 17.9 Å². The number of fused-ring (bicyclic) bond motifs is 4. The Kier molecular flexibility index (Phi) is 26.3.